The van der Waals surface area contributed by atoms with E-state index in [1.165, 1.54) is 24.3 Å². The van der Waals surface area contributed by atoms with Gasteiger partial charge in [-0.25, -0.2) is 4.39 Å². The van der Waals surface area contributed by atoms with Crippen LogP contribution in [-0.4, -0.2) is 24.1 Å². The number of carbonyl (C=O) groups is 2. The molecule has 2 fully saturated rings. The summed E-state index contributed by atoms with van der Waals surface area (Å²) >= 11 is 0. The minimum Gasteiger partial charge on any atom is -0.550 e. The molecule has 20 heavy (non-hydrogen) atoms. The van der Waals surface area contributed by atoms with E-state index < -0.39 is 35.6 Å². The number of fused-ring (bicyclic) bond motifs is 2. The Bertz CT molecular complexity index is 545. The van der Waals surface area contributed by atoms with Crippen molar-refractivity contribution >= 4 is 17.6 Å². The van der Waals surface area contributed by atoms with Crippen LogP contribution in [-0.2, 0) is 14.3 Å². The van der Waals surface area contributed by atoms with Gasteiger partial charge < -0.3 is 20.0 Å². The van der Waals surface area contributed by atoms with Gasteiger partial charge in [-0.15, -0.1) is 0 Å². The number of rotatable bonds is 3. The van der Waals surface area contributed by atoms with Gasteiger partial charge >= 0.3 is 0 Å². The lowest BCUT2D eigenvalue weighted by Crippen LogP contribution is -2.46. The predicted molar refractivity (Wildman–Crippen MR) is 64.9 cm³/mol. The Morgan fingerprint density at radius 1 is 1.15 bits per heavy atom. The molecule has 2 heterocycles. The smallest absolute Gasteiger partial charge is 0.230 e. The van der Waals surface area contributed by atoms with Crippen molar-refractivity contribution in [3.8, 4) is 0 Å². The maximum absolute atomic E-state index is 12.8. The zero-order valence-corrected chi connectivity index (χ0v) is 10.5. The molecule has 2 aliphatic heterocycles. The largest absolute Gasteiger partial charge is 0.550 e. The number of hydrogen-bond donors (Lipinski definition) is 1. The van der Waals surface area contributed by atoms with E-state index >= 15 is 0 Å². The second-order valence-corrected chi connectivity index (χ2v) is 5.16. The van der Waals surface area contributed by atoms with Crippen LogP contribution in [0.15, 0.2) is 24.3 Å². The molecule has 6 heteroatoms. The summed E-state index contributed by atoms with van der Waals surface area (Å²) in [6, 6.07) is 5.30. The molecule has 106 valence electrons. The number of amides is 1. The molecular weight excluding hydrogens is 265 g/mol. The number of ether oxygens (including phenoxy) is 1. The SMILES string of the molecule is O=C([O-])[C@@H]1[C@H](C(=O)Nc2ccc(F)cc2)[C@H]2CC[C@@H]1O2. The molecule has 2 saturated heterocycles. The Hall–Kier alpha value is -1.95. The van der Waals surface area contributed by atoms with Crippen molar-refractivity contribution in [2.24, 2.45) is 11.8 Å². The molecule has 2 bridgehead atoms. The summed E-state index contributed by atoms with van der Waals surface area (Å²) < 4.78 is 18.3. The fraction of sp³-hybridized carbons (Fsp3) is 0.429. The van der Waals surface area contributed by atoms with Crippen molar-refractivity contribution < 1.29 is 23.8 Å². The summed E-state index contributed by atoms with van der Waals surface area (Å²) in [6.07, 6.45) is 0.511. The maximum Gasteiger partial charge on any atom is 0.230 e. The van der Waals surface area contributed by atoms with Crippen LogP contribution in [0.25, 0.3) is 0 Å². The Morgan fingerprint density at radius 3 is 2.35 bits per heavy atom. The molecule has 5 nitrogen and oxygen atoms in total. The summed E-state index contributed by atoms with van der Waals surface area (Å²) in [5.41, 5.74) is 0.427. The van der Waals surface area contributed by atoms with Gasteiger partial charge in [0.15, 0.2) is 0 Å². The third kappa shape index (κ3) is 2.16. The van der Waals surface area contributed by atoms with Crippen LogP contribution in [0.2, 0.25) is 0 Å². The number of carboxylic acids is 1. The van der Waals surface area contributed by atoms with E-state index in [0.29, 0.717) is 18.5 Å². The van der Waals surface area contributed by atoms with E-state index in [-0.39, 0.29) is 6.10 Å². The lowest BCUT2D eigenvalue weighted by atomic mass is 9.78. The first kappa shape index (κ1) is 13.1. The second-order valence-electron chi connectivity index (χ2n) is 5.16. The topological polar surface area (TPSA) is 78.5 Å². The molecule has 0 unspecified atom stereocenters. The summed E-state index contributed by atoms with van der Waals surface area (Å²) in [6.45, 7) is 0. The van der Waals surface area contributed by atoms with E-state index in [0.717, 1.165) is 0 Å². The lowest BCUT2D eigenvalue weighted by Gasteiger charge is -2.27. The molecule has 1 amide bonds. The third-order valence-electron chi connectivity index (χ3n) is 3.96. The van der Waals surface area contributed by atoms with Crippen molar-refractivity contribution in [2.75, 3.05) is 5.32 Å². The summed E-state index contributed by atoms with van der Waals surface area (Å²) in [5, 5.41) is 13.8. The van der Waals surface area contributed by atoms with E-state index in [2.05, 4.69) is 5.32 Å². The quantitative estimate of drug-likeness (QED) is 0.863. The van der Waals surface area contributed by atoms with Crippen LogP contribution in [0.5, 0.6) is 0 Å². The molecule has 0 aromatic heterocycles. The highest BCUT2D eigenvalue weighted by atomic mass is 19.1. The van der Waals surface area contributed by atoms with Crippen LogP contribution in [0, 0.1) is 17.7 Å². The molecule has 0 spiro atoms. The van der Waals surface area contributed by atoms with Crippen LogP contribution in [0.1, 0.15) is 12.8 Å². The molecule has 4 atom stereocenters. The molecular formula is C14H13FNO4-. The average molecular weight is 278 g/mol. The van der Waals surface area contributed by atoms with Crippen LogP contribution in [0.3, 0.4) is 0 Å². The Kier molecular flexibility index (Phi) is 3.17. The summed E-state index contributed by atoms with van der Waals surface area (Å²) in [5.74, 6) is -3.73. The number of halogens is 1. The van der Waals surface area contributed by atoms with Crippen molar-refractivity contribution in [1.82, 2.24) is 0 Å². The Morgan fingerprint density at radius 2 is 1.75 bits per heavy atom. The number of carbonyl (C=O) groups excluding carboxylic acids is 2. The highest BCUT2D eigenvalue weighted by molar-refractivity contribution is 5.96. The minimum absolute atomic E-state index is 0.372. The number of hydrogen-bond acceptors (Lipinski definition) is 4. The molecule has 2 aliphatic rings. The number of carboxylic acid groups (broad SMARTS) is 1. The first-order chi connectivity index (χ1) is 9.56. The zero-order valence-electron chi connectivity index (χ0n) is 10.5. The van der Waals surface area contributed by atoms with Gasteiger partial charge in [0.1, 0.15) is 5.82 Å². The standard InChI is InChI=1S/C14H14FNO4/c15-7-1-3-8(4-2-7)16-13(17)11-9-5-6-10(20-9)12(11)14(18)19/h1-4,9-12H,5-6H2,(H,16,17)(H,18,19)/p-1/t9-,10+,11-,12+/m1/s1. The molecule has 0 aliphatic carbocycles. The summed E-state index contributed by atoms with van der Waals surface area (Å²) in [4.78, 5) is 23.4. The fourth-order valence-electron chi connectivity index (χ4n) is 3.07. The van der Waals surface area contributed by atoms with Crippen LogP contribution < -0.4 is 10.4 Å². The fourth-order valence-corrected chi connectivity index (χ4v) is 3.07. The van der Waals surface area contributed by atoms with Crippen LogP contribution >= 0.6 is 0 Å². The highest BCUT2D eigenvalue weighted by Crippen LogP contribution is 2.43. The van der Waals surface area contributed by atoms with Crippen molar-refractivity contribution in [1.29, 1.82) is 0 Å². The lowest BCUT2D eigenvalue weighted by molar-refractivity contribution is -0.313. The second kappa shape index (κ2) is 4.86. The minimum atomic E-state index is -1.25. The van der Waals surface area contributed by atoms with E-state index in [1.54, 1.807) is 0 Å². The van der Waals surface area contributed by atoms with Gasteiger partial charge in [0.05, 0.1) is 18.1 Å². The highest BCUT2D eigenvalue weighted by Gasteiger charge is 2.52. The predicted octanol–water partition coefficient (Wildman–Crippen LogP) is 0.308. The van der Waals surface area contributed by atoms with Gasteiger partial charge in [-0.05, 0) is 37.1 Å². The zero-order chi connectivity index (χ0) is 14.3. The van der Waals surface area contributed by atoms with Gasteiger partial charge in [0.25, 0.3) is 0 Å². The van der Waals surface area contributed by atoms with Crippen molar-refractivity contribution in [3.63, 3.8) is 0 Å². The van der Waals surface area contributed by atoms with E-state index in [1.807, 2.05) is 0 Å². The molecule has 0 saturated carbocycles. The van der Waals surface area contributed by atoms with Gasteiger partial charge in [0.2, 0.25) is 5.91 Å². The molecule has 1 aromatic rings. The van der Waals surface area contributed by atoms with Gasteiger partial charge in [-0.2, -0.15) is 0 Å². The van der Waals surface area contributed by atoms with Crippen LogP contribution in [0.4, 0.5) is 10.1 Å². The normalized spacial score (nSPS) is 31.2. The third-order valence-corrected chi connectivity index (χ3v) is 3.96. The van der Waals surface area contributed by atoms with Gasteiger partial charge in [-0.3, -0.25) is 4.79 Å². The van der Waals surface area contributed by atoms with Crippen molar-refractivity contribution in [3.05, 3.63) is 30.1 Å². The Balaban J connectivity index is 1.76. The first-order valence-corrected chi connectivity index (χ1v) is 6.49. The number of anilines is 1. The molecule has 1 aromatic carbocycles. The summed E-state index contributed by atoms with van der Waals surface area (Å²) in [7, 11) is 0. The average Bonchev–Trinajstić information content (AvgIpc) is 3.01. The Labute approximate surface area is 114 Å². The molecule has 1 N–H and O–H groups in total. The van der Waals surface area contributed by atoms with Crippen molar-refractivity contribution in [2.45, 2.75) is 25.0 Å². The number of nitrogens with one attached hydrogen (secondary N) is 1. The molecule has 0 radical (unpaired) electrons. The first-order valence-electron chi connectivity index (χ1n) is 6.49. The molecule has 3 rings (SSSR count). The number of aliphatic carboxylic acids is 1. The maximum atomic E-state index is 12.8. The van der Waals surface area contributed by atoms with E-state index in [4.69, 9.17) is 4.74 Å². The van der Waals surface area contributed by atoms with E-state index in [9.17, 15) is 19.1 Å². The monoisotopic (exact) mass is 278 g/mol. The van der Waals surface area contributed by atoms with Gasteiger partial charge in [0, 0.05) is 17.6 Å². The number of benzene rings is 1. The van der Waals surface area contributed by atoms with Gasteiger partial charge in [-0.1, -0.05) is 0 Å².